The Morgan fingerprint density at radius 1 is 1.53 bits per heavy atom. The Kier molecular flexibility index (Phi) is 3.80. The zero-order valence-corrected chi connectivity index (χ0v) is 11.9. The van der Waals surface area contributed by atoms with Gasteiger partial charge in [-0.25, -0.2) is 0 Å². The van der Waals surface area contributed by atoms with Crippen LogP contribution in [-0.2, 0) is 0 Å². The summed E-state index contributed by atoms with van der Waals surface area (Å²) in [6.07, 6.45) is 0.640. The number of hydrogen-bond donors (Lipinski definition) is 2. The molecule has 1 amide bonds. The molecule has 1 saturated heterocycles. The lowest BCUT2D eigenvalue weighted by molar-refractivity contribution is 0.0572. The van der Waals surface area contributed by atoms with Crippen molar-refractivity contribution in [3.63, 3.8) is 0 Å². The Balaban J connectivity index is 2.24. The predicted molar refractivity (Wildman–Crippen MR) is 76.5 cm³/mol. The van der Waals surface area contributed by atoms with E-state index in [1.807, 2.05) is 32.0 Å². The van der Waals surface area contributed by atoms with Crippen molar-refractivity contribution < 1.29 is 9.90 Å². The summed E-state index contributed by atoms with van der Waals surface area (Å²) < 4.78 is 0. The number of hydrogen-bond acceptors (Lipinski definition) is 3. The van der Waals surface area contributed by atoms with Crippen molar-refractivity contribution >= 4 is 11.6 Å². The van der Waals surface area contributed by atoms with Crippen LogP contribution in [0, 0.1) is 6.92 Å². The van der Waals surface area contributed by atoms with Gasteiger partial charge in [-0.2, -0.15) is 0 Å². The molecular weight excluding hydrogens is 240 g/mol. The number of amides is 1. The van der Waals surface area contributed by atoms with Crippen molar-refractivity contribution in [2.45, 2.75) is 32.8 Å². The van der Waals surface area contributed by atoms with Crippen LogP contribution in [0.2, 0.25) is 0 Å². The van der Waals surface area contributed by atoms with Crippen LogP contribution in [0.3, 0.4) is 0 Å². The highest BCUT2D eigenvalue weighted by molar-refractivity contribution is 6.00. The van der Waals surface area contributed by atoms with Gasteiger partial charge < -0.3 is 15.3 Å². The molecule has 1 unspecified atom stereocenters. The number of anilines is 1. The lowest BCUT2D eigenvalue weighted by Gasteiger charge is -2.21. The fourth-order valence-electron chi connectivity index (χ4n) is 2.47. The van der Waals surface area contributed by atoms with Crippen LogP contribution in [0.5, 0.6) is 0 Å². The maximum Gasteiger partial charge on any atom is 0.256 e. The zero-order chi connectivity index (χ0) is 14.0. The van der Waals surface area contributed by atoms with Crippen LogP contribution in [0.25, 0.3) is 0 Å². The summed E-state index contributed by atoms with van der Waals surface area (Å²) in [6.45, 7) is 7.60. The molecule has 2 N–H and O–H groups in total. The summed E-state index contributed by atoms with van der Waals surface area (Å²) in [4.78, 5) is 14.2. The Labute approximate surface area is 114 Å². The third-order valence-corrected chi connectivity index (χ3v) is 3.51. The second kappa shape index (κ2) is 5.21. The van der Waals surface area contributed by atoms with Gasteiger partial charge in [-0.1, -0.05) is 6.07 Å². The lowest BCUT2D eigenvalue weighted by Crippen LogP contribution is -2.34. The maximum atomic E-state index is 12.5. The first-order valence-corrected chi connectivity index (χ1v) is 6.79. The predicted octanol–water partition coefficient (Wildman–Crippen LogP) is 2.02. The number of aliphatic hydroxyl groups is 1. The second-order valence-electron chi connectivity index (χ2n) is 5.55. The first kappa shape index (κ1) is 13.9. The maximum absolute atomic E-state index is 12.5. The largest absolute Gasteiger partial charge is 0.388 e. The molecule has 1 aliphatic rings. The second-order valence-corrected chi connectivity index (χ2v) is 5.55. The first-order valence-electron chi connectivity index (χ1n) is 6.79. The minimum atomic E-state index is -0.751. The molecule has 1 aromatic carbocycles. The molecule has 19 heavy (non-hydrogen) atoms. The number of likely N-dealkylation sites (tertiary alicyclic amines) is 1. The van der Waals surface area contributed by atoms with Crippen LogP contribution in [-0.4, -0.2) is 41.1 Å². The Hall–Kier alpha value is -1.55. The number of aryl methyl sites for hydroxylation is 1. The van der Waals surface area contributed by atoms with Crippen LogP contribution >= 0.6 is 0 Å². The highest BCUT2D eigenvalue weighted by Crippen LogP contribution is 2.25. The quantitative estimate of drug-likeness (QED) is 0.876. The van der Waals surface area contributed by atoms with Crippen LogP contribution in [0.4, 0.5) is 5.69 Å². The van der Waals surface area contributed by atoms with Crippen molar-refractivity contribution in [2.24, 2.45) is 0 Å². The van der Waals surface area contributed by atoms with Gasteiger partial charge in [0.15, 0.2) is 0 Å². The van der Waals surface area contributed by atoms with E-state index in [4.69, 9.17) is 0 Å². The Morgan fingerprint density at radius 2 is 2.26 bits per heavy atom. The van der Waals surface area contributed by atoms with E-state index in [0.717, 1.165) is 17.8 Å². The van der Waals surface area contributed by atoms with Gasteiger partial charge in [-0.05, 0) is 44.9 Å². The average molecular weight is 262 g/mol. The van der Waals surface area contributed by atoms with Gasteiger partial charge >= 0.3 is 0 Å². The SMILES string of the molecule is CCNc1cc(C)ccc1C(=O)N1CCC(C)(O)C1. The molecule has 0 aromatic heterocycles. The minimum Gasteiger partial charge on any atom is -0.388 e. The topological polar surface area (TPSA) is 52.6 Å². The average Bonchev–Trinajstić information content (AvgIpc) is 2.70. The molecule has 0 spiro atoms. The molecule has 104 valence electrons. The Bertz CT molecular complexity index is 483. The van der Waals surface area contributed by atoms with Crippen molar-refractivity contribution in [3.05, 3.63) is 29.3 Å². The van der Waals surface area contributed by atoms with E-state index in [2.05, 4.69) is 5.32 Å². The van der Waals surface area contributed by atoms with Gasteiger partial charge in [-0.15, -0.1) is 0 Å². The minimum absolute atomic E-state index is 0.00581. The molecule has 0 bridgehead atoms. The van der Waals surface area contributed by atoms with Gasteiger partial charge in [-0.3, -0.25) is 4.79 Å². The van der Waals surface area contributed by atoms with Crippen LogP contribution in [0.15, 0.2) is 18.2 Å². The summed E-state index contributed by atoms with van der Waals surface area (Å²) in [5, 5.41) is 13.2. The molecule has 2 rings (SSSR count). The molecular formula is C15H22N2O2. The van der Waals surface area contributed by atoms with Crippen LogP contribution < -0.4 is 5.32 Å². The lowest BCUT2D eigenvalue weighted by atomic mass is 10.1. The first-order chi connectivity index (χ1) is 8.93. The van der Waals surface area contributed by atoms with E-state index in [9.17, 15) is 9.90 Å². The standard InChI is InChI=1S/C15H22N2O2/c1-4-16-13-9-11(2)5-6-12(13)14(18)17-8-7-15(3,19)10-17/h5-6,9,16,19H,4,7-8,10H2,1-3H3. The number of nitrogens with zero attached hydrogens (tertiary/aromatic N) is 1. The van der Waals surface area contributed by atoms with Crippen molar-refractivity contribution in [2.75, 3.05) is 25.0 Å². The number of carbonyl (C=O) groups excluding carboxylic acids is 1. The number of β-amino-alcohol motifs (C(OH)–C–C–N with tert-alkyl or cyclic N) is 1. The van der Waals surface area contributed by atoms with E-state index in [1.54, 1.807) is 11.8 Å². The summed E-state index contributed by atoms with van der Waals surface area (Å²) in [6, 6.07) is 5.80. The molecule has 0 aliphatic carbocycles. The number of rotatable bonds is 3. The third-order valence-electron chi connectivity index (χ3n) is 3.51. The smallest absolute Gasteiger partial charge is 0.256 e. The fraction of sp³-hybridized carbons (Fsp3) is 0.533. The molecule has 1 aromatic rings. The van der Waals surface area contributed by atoms with Gasteiger partial charge in [0.05, 0.1) is 11.2 Å². The summed E-state index contributed by atoms with van der Waals surface area (Å²) in [7, 11) is 0. The van der Waals surface area contributed by atoms with E-state index in [-0.39, 0.29) is 5.91 Å². The number of nitrogens with one attached hydrogen (secondary N) is 1. The Morgan fingerprint density at radius 3 is 2.84 bits per heavy atom. The van der Waals surface area contributed by atoms with Crippen molar-refractivity contribution in [1.29, 1.82) is 0 Å². The van der Waals surface area contributed by atoms with Gasteiger partial charge in [0.25, 0.3) is 5.91 Å². The molecule has 4 nitrogen and oxygen atoms in total. The summed E-state index contributed by atoms with van der Waals surface area (Å²) >= 11 is 0. The monoisotopic (exact) mass is 262 g/mol. The zero-order valence-electron chi connectivity index (χ0n) is 11.9. The highest BCUT2D eigenvalue weighted by Gasteiger charge is 2.34. The van der Waals surface area contributed by atoms with Crippen molar-refractivity contribution in [3.8, 4) is 0 Å². The molecule has 1 aliphatic heterocycles. The summed E-state index contributed by atoms with van der Waals surface area (Å²) in [5.74, 6) is -0.00581. The summed E-state index contributed by atoms with van der Waals surface area (Å²) in [5.41, 5.74) is 1.93. The molecule has 1 fully saturated rings. The number of carbonyl (C=O) groups is 1. The van der Waals surface area contributed by atoms with Gasteiger partial charge in [0.2, 0.25) is 0 Å². The fourth-order valence-corrected chi connectivity index (χ4v) is 2.47. The normalized spacial score (nSPS) is 22.6. The van der Waals surface area contributed by atoms with Crippen LogP contribution in [0.1, 0.15) is 36.2 Å². The van der Waals surface area contributed by atoms with Gasteiger partial charge in [0.1, 0.15) is 0 Å². The van der Waals surface area contributed by atoms with E-state index >= 15 is 0 Å². The molecule has 0 saturated carbocycles. The molecule has 1 atom stereocenters. The third kappa shape index (κ3) is 3.07. The van der Waals surface area contributed by atoms with E-state index < -0.39 is 5.60 Å². The van der Waals surface area contributed by atoms with Crippen molar-refractivity contribution in [1.82, 2.24) is 4.90 Å². The number of benzene rings is 1. The molecule has 4 heteroatoms. The van der Waals surface area contributed by atoms with E-state index in [0.29, 0.717) is 25.1 Å². The molecule has 1 heterocycles. The van der Waals surface area contributed by atoms with Gasteiger partial charge in [0, 0.05) is 25.3 Å². The molecule has 0 radical (unpaired) electrons. The highest BCUT2D eigenvalue weighted by atomic mass is 16.3. The van der Waals surface area contributed by atoms with E-state index in [1.165, 1.54) is 0 Å².